The van der Waals surface area contributed by atoms with Gasteiger partial charge < -0.3 is 10.1 Å². The number of carbonyl (C=O) groups is 1. The van der Waals surface area contributed by atoms with Gasteiger partial charge in [-0.15, -0.1) is 0 Å². The first-order valence-electron chi connectivity index (χ1n) is 7.66. The molecule has 1 aromatic carbocycles. The Morgan fingerprint density at radius 2 is 2.27 bits per heavy atom. The second-order valence-electron chi connectivity index (χ2n) is 5.29. The minimum absolute atomic E-state index is 0.136. The number of hydrogen-bond donors (Lipinski definition) is 1. The lowest BCUT2D eigenvalue weighted by Gasteiger charge is -2.15. The lowest BCUT2D eigenvalue weighted by Crippen LogP contribution is -2.17. The molecule has 0 aliphatic rings. The van der Waals surface area contributed by atoms with E-state index in [4.69, 9.17) is 4.74 Å². The summed E-state index contributed by atoms with van der Waals surface area (Å²) in [6.45, 7) is 5.08. The van der Waals surface area contributed by atoms with E-state index in [1.165, 1.54) is 5.56 Å². The molecule has 0 bridgehead atoms. The highest BCUT2D eigenvalue weighted by Crippen LogP contribution is 2.14. The van der Waals surface area contributed by atoms with Crippen molar-refractivity contribution in [2.45, 2.75) is 39.3 Å². The van der Waals surface area contributed by atoms with Gasteiger partial charge in [0.2, 0.25) is 0 Å². The summed E-state index contributed by atoms with van der Waals surface area (Å²) in [6.07, 6.45) is 4.92. The molecule has 1 atom stereocenters. The van der Waals surface area contributed by atoms with Crippen LogP contribution in [0, 0.1) is 0 Å². The van der Waals surface area contributed by atoms with Crippen LogP contribution in [0.1, 0.15) is 32.3 Å². The molecule has 22 heavy (non-hydrogen) atoms. The molecule has 0 aliphatic carbocycles. The van der Waals surface area contributed by atoms with Gasteiger partial charge in [0, 0.05) is 30.5 Å². The molecule has 2 rings (SSSR count). The van der Waals surface area contributed by atoms with Gasteiger partial charge in [0.15, 0.2) is 0 Å². The lowest BCUT2D eigenvalue weighted by molar-refractivity contribution is -0.143. The standard InChI is InChI=1S/C17H23N3O2/c1-3-22-17(21)9-8-14(2)19-16-7-4-6-15(12-16)13-20-11-5-10-18-20/h4-7,10-12,14,19H,3,8-9,13H2,1-2H3/t14-/m1/s1. The van der Waals surface area contributed by atoms with Crippen LogP contribution >= 0.6 is 0 Å². The minimum Gasteiger partial charge on any atom is -0.466 e. The van der Waals surface area contributed by atoms with Crippen molar-refractivity contribution in [3.8, 4) is 0 Å². The number of anilines is 1. The molecule has 0 aliphatic heterocycles. The molecule has 0 spiro atoms. The number of carbonyl (C=O) groups excluding carboxylic acids is 1. The smallest absolute Gasteiger partial charge is 0.305 e. The van der Waals surface area contributed by atoms with Crippen LogP contribution in [0.4, 0.5) is 5.69 Å². The van der Waals surface area contributed by atoms with Crippen molar-refractivity contribution >= 4 is 11.7 Å². The quantitative estimate of drug-likeness (QED) is 0.761. The van der Waals surface area contributed by atoms with Crippen LogP contribution in [0.3, 0.4) is 0 Å². The van der Waals surface area contributed by atoms with E-state index in [9.17, 15) is 4.79 Å². The summed E-state index contributed by atoms with van der Waals surface area (Å²) in [6, 6.07) is 10.4. The first kappa shape index (κ1) is 16.1. The normalized spacial score (nSPS) is 11.9. The molecule has 0 radical (unpaired) electrons. The summed E-state index contributed by atoms with van der Waals surface area (Å²) in [4.78, 5) is 11.4. The van der Waals surface area contributed by atoms with Crippen molar-refractivity contribution in [2.75, 3.05) is 11.9 Å². The Morgan fingerprint density at radius 1 is 1.41 bits per heavy atom. The summed E-state index contributed by atoms with van der Waals surface area (Å²) in [5.74, 6) is -0.136. The number of rotatable bonds is 8. The number of nitrogens with zero attached hydrogens (tertiary/aromatic N) is 2. The molecule has 1 N–H and O–H groups in total. The lowest BCUT2D eigenvalue weighted by atomic mass is 10.1. The Balaban J connectivity index is 1.85. The third-order valence-electron chi connectivity index (χ3n) is 3.33. The van der Waals surface area contributed by atoms with E-state index in [0.717, 1.165) is 18.7 Å². The fourth-order valence-electron chi connectivity index (χ4n) is 2.26. The monoisotopic (exact) mass is 301 g/mol. The highest BCUT2D eigenvalue weighted by Gasteiger charge is 2.07. The third kappa shape index (κ3) is 5.24. The van der Waals surface area contributed by atoms with Gasteiger partial charge in [-0.3, -0.25) is 9.48 Å². The molecular weight excluding hydrogens is 278 g/mol. The maximum Gasteiger partial charge on any atom is 0.305 e. The van der Waals surface area contributed by atoms with Gasteiger partial charge in [-0.05, 0) is 44.0 Å². The molecule has 118 valence electrons. The molecule has 0 fully saturated rings. The van der Waals surface area contributed by atoms with E-state index in [1.807, 2.05) is 36.0 Å². The average Bonchev–Trinajstić information content (AvgIpc) is 2.99. The molecule has 1 aromatic heterocycles. The molecule has 0 saturated carbocycles. The molecule has 0 amide bonds. The van der Waals surface area contributed by atoms with Crippen LogP contribution in [-0.2, 0) is 16.1 Å². The topological polar surface area (TPSA) is 56.1 Å². The first-order valence-corrected chi connectivity index (χ1v) is 7.66. The number of hydrogen-bond acceptors (Lipinski definition) is 4. The Hall–Kier alpha value is -2.30. The summed E-state index contributed by atoms with van der Waals surface area (Å²) in [5, 5.41) is 7.64. The third-order valence-corrected chi connectivity index (χ3v) is 3.33. The van der Waals surface area contributed by atoms with Gasteiger partial charge in [0.1, 0.15) is 0 Å². The van der Waals surface area contributed by atoms with Crippen LogP contribution in [0.5, 0.6) is 0 Å². The summed E-state index contributed by atoms with van der Waals surface area (Å²) in [7, 11) is 0. The van der Waals surface area contributed by atoms with Crippen molar-refractivity contribution in [3.63, 3.8) is 0 Å². The highest BCUT2D eigenvalue weighted by atomic mass is 16.5. The maximum absolute atomic E-state index is 11.4. The van der Waals surface area contributed by atoms with Gasteiger partial charge in [-0.25, -0.2) is 0 Å². The Kier molecular flexibility index (Phi) is 6.01. The van der Waals surface area contributed by atoms with Crippen LogP contribution in [-0.4, -0.2) is 28.4 Å². The molecule has 5 nitrogen and oxygen atoms in total. The van der Waals surface area contributed by atoms with Gasteiger partial charge in [0.05, 0.1) is 13.2 Å². The van der Waals surface area contributed by atoms with E-state index in [2.05, 4.69) is 29.5 Å². The van der Waals surface area contributed by atoms with Crippen molar-refractivity contribution in [2.24, 2.45) is 0 Å². The SMILES string of the molecule is CCOC(=O)CC[C@@H](C)Nc1cccc(Cn2cccn2)c1. The highest BCUT2D eigenvalue weighted by molar-refractivity contribution is 5.69. The Bertz CT molecular complexity index is 581. The van der Waals surface area contributed by atoms with E-state index >= 15 is 0 Å². The number of benzene rings is 1. The van der Waals surface area contributed by atoms with Crippen LogP contribution in [0.25, 0.3) is 0 Å². The number of aromatic nitrogens is 2. The molecule has 1 heterocycles. The molecule has 5 heteroatoms. The minimum atomic E-state index is -0.136. The first-order chi connectivity index (χ1) is 10.7. The predicted molar refractivity (Wildman–Crippen MR) is 86.7 cm³/mol. The zero-order valence-electron chi connectivity index (χ0n) is 13.2. The van der Waals surface area contributed by atoms with E-state index in [1.54, 1.807) is 6.20 Å². The second kappa shape index (κ2) is 8.22. The average molecular weight is 301 g/mol. The zero-order chi connectivity index (χ0) is 15.8. The van der Waals surface area contributed by atoms with Gasteiger partial charge >= 0.3 is 5.97 Å². The van der Waals surface area contributed by atoms with Crippen molar-refractivity contribution in [1.82, 2.24) is 9.78 Å². The van der Waals surface area contributed by atoms with E-state index in [-0.39, 0.29) is 12.0 Å². The predicted octanol–water partition coefficient (Wildman–Crippen LogP) is 3.08. The Labute approximate surface area is 131 Å². The molecular formula is C17H23N3O2. The van der Waals surface area contributed by atoms with Crippen LogP contribution in [0.2, 0.25) is 0 Å². The van der Waals surface area contributed by atoms with E-state index in [0.29, 0.717) is 13.0 Å². The summed E-state index contributed by atoms with van der Waals surface area (Å²) >= 11 is 0. The molecule has 0 saturated heterocycles. The second-order valence-corrected chi connectivity index (χ2v) is 5.29. The molecule has 2 aromatic rings. The van der Waals surface area contributed by atoms with Crippen molar-refractivity contribution < 1.29 is 9.53 Å². The molecule has 0 unspecified atom stereocenters. The number of nitrogens with one attached hydrogen (secondary N) is 1. The summed E-state index contributed by atoms with van der Waals surface area (Å²) < 4.78 is 6.84. The largest absolute Gasteiger partial charge is 0.466 e. The van der Waals surface area contributed by atoms with E-state index < -0.39 is 0 Å². The van der Waals surface area contributed by atoms with Crippen LogP contribution < -0.4 is 5.32 Å². The number of ether oxygens (including phenoxy) is 1. The maximum atomic E-state index is 11.4. The summed E-state index contributed by atoms with van der Waals surface area (Å²) in [5.41, 5.74) is 2.24. The van der Waals surface area contributed by atoms with Gasteiger partial charge in [0.25, 0.3) is 0 Å². The van der Waals surface area contributed by atoms with Crippen molar-refractivity contribution in [1.29, 1.82) is 0 Å². The van der Waals surface area contributed by atoms with Gasteiger partial charge in [-0.2, -0.15) is 5.10 Å². The fourth-order valence-corrected chi connectivity index (χ4v) is 2.26. The van der Waals surface area contributed by atoms with Gasteiger partial charge in [-0.1, -0.05) is 12.1 Å². The Morgan fingerprint density at radius 3 is 3.00 bits per heavy atom. The van der Waals surface area contributed by atoms with Crippen molar-refractivity contribution in [3.05, 3.63) is 48.3 Å². The number of esters is 1. The zero-order valence-corrected chi connectivity index (χ0v) is 13.2. The van der Waals surface area contributed by atoms with Crippen LogP contribution in [0.15, 0.2) is 42.7 Å². The fraction of sp³-hybridized carbons (Fsp3) is 0.412.